The van der Waals surface area contributed by atoms with E-state index in [1.165, 1.54) is 0 Å². The van der Waals surface area contributed by atoms with Crippen LogP contribution in [0, 0.1) is 6.92 Å². The van der Waals surface area contributed by atoms with Gasteiger partial charge in [-0.05, 0) is 36.8 Å². The Morgan fingerprint density at radius 2 is 1.91 bits per heavy atom. The molecule has 0 aliphatic carbocycles. The maximum absolute atomic E-state index is 11.9. The summed E-state index contributed by atoms with van der Waals surface area (Å²) in [5, 5.41) is 5.45. The molecule has 0 saturated heterocycles. The van der Waals surface area contributed by atoms with Crippen LogP contribution in [0.3, 0.4) is 0 Å². The molecule has 122 valence electrons. The fraction of sp³-hybridized carbons (Fsp3) is 0.235. The number of nitrogens with one attached hydrogen (secondary N) is 2. The highest BCUT2D eigenvalue weighted by Gasteiger charge is 2.09. The molecule has 0 radical (unpaired) electrons. The van der Waals surface area contributed by atoms with E-state index < -0.39 is 10.8 Å². The first-order valence-corrected chi connectivity index (χ1v) is 8.96. The van der Waals surface area contributed by atoms with E-state index in [4.69, 9.17) is 4.74 Å². The van der Waals surface area contributed by atoms with Gasteiger partial charge in [0, 0.05) is 29.4 Å². The number of hydrogen-bond acceptors (Lipinski definition) is 3. The standard InChI is InChI=1S/C17H20N2O3S/c1-13-8-9-16(22-14-6-4-3-5-7-14)15(12-13)19-17(20)18-10-11-23(2)21/h3-9,12H,10-11H2,1-2H3,(H2,18,19,20)/t23-/m0/s1. The minimum absolute atomic E-state index is 0.348. The third-order valence-corrected chi connectivity index (χ3v) is 3.81. The normalized spacial score (nSPS) is 11.6. The Kier molecular flexibility index (Phi) is 6.17. The van der Waals surface area contributed by atoms with Gasteiger partial charge in [-0.15, -0.1) is 0 Å². The topological polar surface area (TPSA) is 67.4 Å². The van der Waals surface area contributed by atoms with Gasteiger partial charge in [-0.1, -0.05) is 24.3 Å². The summed E-state index contributed by atoms with van der Waals surface area (Å²) in [6.07, 6.45) is 1.60. The average molecular weight is 332 g/mol. The van der Waals surface area contributed by atoms with Crippen LogP contribution in [0.1, 0.15) is 5.56 Å². The number of benzene rings is 2. The van der Waals surface area contributed by atoms with Crippen LogP contribution in [-0.4, -0.2) is 28.8 Å². The number of ether oxygens (including phenoxy) is 1. The highest BCUT2D eigenvalue weighted by Crippen LogP contribution is 2.30. The Hall–Kier alpha value is -2.34. The molecule has 1 atom stereocenters. The number of aryl methyl sites for hydroxylation is 1. The second-order valence-electron chi connectivity index (χ2n) is 5.07. The van der Waals surface area contributed by atoms with Gasteiger partial charge in [0.25, 0.3) is 0 Å². The molecule has 2 rings (SSSR count). The molecule has 0 fully saturated rings. The first kappa shape index (κ1) is 17.0. The number of urea groups is 1. The Morgan fingerprint density at radius 1 is 1.17 bits per heavy atom. The van der Waals surface area contributed by atoms with Gasteiger partial charge in [0.1, 0.15) is 5.75 Å². The van der Waals surface area contributed by atoms with Crippen molar-refractivity contribution in [2.45, 2.75) is 6.92 Å². The second kappa shape index (κ2) is 8.33. The molecule has 0 saturated carbocycles. The lowest BCUT2D eigenvalue weighted by Gasteiger charge is -2.13. The molecular weight excluding hydrogens is 312 g/mol. The first-order valence-electron chi connectivity index (χ1n) is 7.23. The number of anilines is 1. The van der Waals surface area contributed by atoms with Crippen molar-refractivity contribution in [3.8, 4) is 11.5 Å². The lowest BCUT2D eigenvalue weighted by atomic mass is 10.2. The maximum atomic E-state index is 11.9. The molecule has 2 aromatic rings. The average Bonchev–Trinajstić information content (AvgIpc) is 2.50. The van der Waals surface area contributed by atoms with E-state index in [0.717, 1.165) is 5.56 Å². The van der Waals surface area contributed by atoms with Gasteiger partial charge in [-0.2, -0.15) is 0 Å². The van der Waals surface area contributed by atoms with Crippen LogP contribution in [0.5, 0.6) is 11.5 Å². The minimum atomic E-state index is -0.930. The highest BCUT2D eigenvalue weighted by molar-refractivity contribution is 7.84. The Bertz CT molecular complexity index is 689. The Balaban J connectivity index is 2.06. The van der Waals surface area contributed by atoms with Crippen LogP contribution in [-0.2, 0) is 10.8 Å². The van der Waals surface area contributed by atoms with Crippen LogP contribution >= 0.6 is 0 Å². The smallest absolute Gasteiger partial charge is 0.319 e. The summed E-state index contributed by atoms with van der Waals surface area (Å²) < 4.78 is 16.8. The van der Waals surface area contributed by atoms with Gasteiger partial charge in [0.05, 0.1) is 5.69 Å². The number of hydrogen-bond donors (Lipinski definition) is 2. The number of carbonyl (C=O) groups is 1. The van der Waals surface area contributed by atoms with Gasteiger partial charge >= 0.3 is 6.03 Å². The quantitative estimate of drug-likeness (QED) is 0.853. The van der Waals surface area contributed by atoms with Gasteiger partial charge in [0.2, 0.25) is 0 Å². The molecule has 0 spiro atoms. The van der Waals surface area contributed by atoms with E-state index in [0.29, 0.717) is 29.5 Å². The third-order valence-electron chi connectivity index (χ3n) is 3.03. The number of para-hydroxylation sites is 1. The molecule has 0 aliphatic heterocycles. The summed E-state index contributed by atoms with van der Waals surface area (Å²) in [7, 11) is -0.930. The van der Waals surface area contributed by atoms with Crippen LogP contribution < -0.4 is 15.4 Å². The summed E-state index contributed by atoms with van der Waals surface area (Å²) >= 11 is 0. The molecule has 0 bridgehead atoms. The number of rotatable bonds is 6. The van der Waals surface area contributed by atoms with Crippen molar-refractivity contribution >= 4 is 22.5 Å². The molecule has 2 aromatic carbocycles. The monoisotopic (exact) mass is 332 g/mol. The number of carbonyl (C=O) groups excluding carboxylic acids is 1. The molecular formula is C17H20N2O3S. The van der Waals surface area contributed by atoms with Crippen LogP contribution in [0.2, 0.25) is 0 Å². The molecule has 0 aromatic heterocycles. The van der Waals surface area contributed by atoms with E-state index in [1.807, 2.05) is 55.5 Å². The van der Waals surface area contributed by atoms with Gasteiger partial charge < -0.3 is 15.4 Å². The van der Waals surface area contributed by atoms with E-state index >= 15 is 0 Å². The van der Waals surface area contributed by atoms with E-state index in [9.17, 15) is 9.00 Å². The third kappa shape index (κ3) is 5.75. The van der Waals surface area contributed by atoms with Gasteiger partial charge in [0.15, 0.2) is 5.75 Å². The van der Waals surface area contributed by atoms with E-state index in [2.05, 4.69) is 10.6 Å². The molecule has 2 amide bonds. The van der Waals surface area contributed by atoms with Gasteiger partial charge in [-0.3, -0.25) is 4.21 Å². The van der Waals surface area contributed by atoms with Crippen molar-refractivity contribution in [2.24, 2.45) is 0 Å². The summed E-state index contributed by atoms with van der Waals surface area (Å²) in [6.45, 7) is 2.30. The minimum Gasteiger partial charge on any atom is -0.455 e. The van der Waals surface area contributed by atoms with Crippen molar-refractivity contribution in [1.82, 2.24) is 5.32 Å². The molecule has 6 heteroatoms. The van der Waals surface area contributed by atoms with E-state index in [-0.39, 0.29) is 6.03 Å². The summed E-state index contributed by atoms with van der Waals surface area (Å²) in [6, 6.07) is 14.6. The zero-order valence-electron chi connectivity index (χ0n) is 13.2. The Morgan fingerprint density at radius 3 is 2.61 bits per heavy atom. The molecule has 5 nitrogen and oxygen atoms in total. The largest absolute Gasteiger partial charge is 0.455 e. The van der Waals surface area contributed by atoms with Crippen molar-refractivity contribution < 1.29 is 13.7 Å². The lowest BCUT2D eigenvalue weighted by molar-refractivity contribution is 0.252. The predicted octanol–water partition coefficient (Wildman–Crippen LogP) is 3.29. The summed E-state index contributed by atoms with van der Waals surface area (Å²) in [5.74, 6) is 1.69. The zero-order valence-corrected chi connectivity index (χ0v) is 14.0. The SMILES string of the molecule is Cc1ccc(Oc2ccccc2)c(NC(=O)NCC[S@](C)=O)c1. The van der Waals surface area contributed by atoms with Crippen molar-refractivity contribution in [2.75, 3.05) is 23.9 Å². The highest BCUT2D eigenvalue weighted by atomic mass is 32.2. The maximum Gasteiger partial charge on any atom is 0.319 e. The van der Waals surface area contributed by atoms with Crippen molar-refractivity contribution in [3.05, 3.63) is 54.1 Å². The molecule has 0 unspecified atom stereocenters. The molecule has 2 N–H and O–H groups in total. The van der Waals surface area contributed by atoms with Crippen LogP contribution in [0.4, 0.5) is 10.5 Å². The lowest BCUT2D eigenvalue weighted by Crippen LogP contribution is -2.31. The van der Waals surface area contributed by atoms with Crippen LogP contribution in [0.25, 0.3) is 0 Å². The van der Waals surface area contributed by atoms with Crippen molar-refractivity contribution in [1.29, 1.82) is 0 Å². The number of amides is 2. The first-order chi connectivity index (χ1) is 11.0. The molecule has 0 heterocycles. The van der Waals surface area contributed by atoms with Gasteiger partial charge in [-0.25, -0.2) is 4.79 Å². The zero-order chi connectivity index (χ0) is 16.7. The fourth-order valence-electron chi connectivity index (χ4n) is 1.92. The second-order valence-corrected chi connectivity index (χ2v) is 6.63. The fourth-order valence-corrected chi connectivity index (χ4v) is 2.31. The van der Waals surface area contributed by atoms with E-state index in [1.54, 1.807) is 6.26 Å². The molecule has 0 aliphatic rings. The summed E-state index contributed by atoms with van der Waals surface area (Å²) in [4.78, 5) is 11.9. The van der Waals surface area contributed by atoms with Crippen molar-refractivity contribution in [3.63, 3.8) is 0 Å². The van der Waals surface area contributed by atoms with Crippen LogP contribution in [0.15, 0.2) is 48.5 Å². The predicted molar refractivity (Wildman–Crippen MR) is 93.6 cm³/mol. The Labute approximate surface area is 138 Å². The summed E-state index contributed by atoms with van der Waals surface area (Å²) in [5.41, 5.74) is 1.60. The molecule has 23 heavy (non-hydrogen) atoms.